The molecule has 0 fully saturated rings. The molecule has 1 unspecified atom stereocenters. The fourth-order valence-corrected chi connectivity index (χ4v) is 1.67. The third-order valence-electron chi connectivity index (χ3n) is 2.12. The van der Waals surface area contributed by atoms with Gasteiger partial charge in [0, 0.05) is 20.3 Å². The van der Waals surface area contributed by atoms with Crippen molar-refractivity contribution in [1.82, 2.24) is 9.78 Å². The van der Waals surface area contributed by atoms with Crippen LogP contribution in [0.25, 0.3) is 5.69 Å². The molecular weight excluding hydrogens is 291 g/mol. The summed E-state index contributed by atoms with van der Waals surface area (Å²) in [5, 5.41) is 13.4. The van der Waals surface area contributed by atoms with Crippen molar-refractivity contribution >= 4 is 25.7 Å². The first-order chi connectivity index (χ1) is 9.10. The molecule has 0 bridgehead atoms. The van der Waals surface area contributed by atoms with Gasteiger partial charge in [-0.05, 0) is 24.3 Å². The lowest BCUT2D eigenvalue weighted by molar-refractivity contribution is 0.336. The van der Waals surface area contributed by atoms with Crippen LogP contribution in [0.2, 0.25) is 5.02 Å². The van der Waals surface area contributed by atoms with Crippen molar-refractivity contribution in [2.75, 3.05) is 5.48 Å². The highest BCUT2D eigenvalue weighted by atomic mass is 35.5. The number of halogens is 1. The van der Waals surface area contributed by atoms with Crippen molar-refractivity contribution in [2.45, 2.75) is 0 Å². The molecule has 7 nitrogen and oxygen atoms in total. The predicted octanol–water partition coefficient (Wildman–Crippen LogP) is 2.39. The van der Waals surface area contributed by atoms with E-state index in [0.29, 0.717) is 10.7 Å². The molecular formula is C10H7ClN4O3P+. The molecule has 0 spiro atoms. The fraction of sp³-hybridized carbons (Fsp3) is 0. The molecule has 0 amide bonds. The zero-order chi connectivity index (χ0) is 13.8. The second kappa shape index (κ2) is 5.78. The third-order valence-corrected chi connectivity index (χ3v) is 2.62. The highest BCUT2D eigenvalue weighted by Gasteiger charge is 2.16. The van der Waals surface area contributed by atoms with E-state index in [9.17, 15) is 4.57 Å². The maximum absolute atomic E-state index is 10.5. The Balaban J connectivity index is 2.37. The van der Waals surface area contributed by atoms with Crippen LogP contribution in [0.1, 0.15) is 5.69 Å². The first kappa shape index (κ1) is 13.5. The number of benzene rings is 1. The number of nitriles is 1. The van der Waals surface area contributed by atoms with Gasteiger partial charge in [0.15, 0.2) is 11.5 Å². The molecule has 0 saturated heterocycles. The average molecular weight is 298 g/mol. The van der Waals surface area contributed by atoms with Gasteiger partial charge >= 0.3 is 8.25 Å². The van der Waals surface area contributed by atoms with Gasteiger partial charge in [-0.15, -0.1) is 4.89 Å². The second-order valence-electron chi connectivity index (χ2n) is 3.35. The van der Waals surface area contributed by atoms with Crippen LogP contribution in [0.15, 0.2) is 30.3 Å². The van der Waals surface area contributed by atoms with Gasteiger partial charge < -0.3 is 0 Å². The summed E-state index contributed by atoms with van der Waals surface area (Å²) in [6, 6.07) is 9.92. The van der Waals surface area contributed by atoms with Gasteiger partial charge in [-0.2, -0.15) is 15.8 Å². The zero-order valence-electron chi connectivity index (χ0n) is 9.32. The lowest BCUT2D eigenvalue weighted by atomic mass is 10.3. The predicted molar refractivity (Wildman–Crippen MR) is 67.8 cm³/mol. The molecule has 2 N–H and O–H groups in total. The van der Waals surface area contributed by atoms with Crippen molar-refractivity contribution in [2.24, 2.45) is 0 Å². The highest BCUT2D eigenvalue weighted by molar-refractivity contribution is 7.32. The van der Waals surface area contributed by atoms with E-state index in [1.807, 2.05) is 6.07 Å². The molecule has 0 aliphatic rings. The minimum absolute atomic E-state index is 0.134. The third kappa shape index (κ3) is 3.28. The summed E-state index contributed by atoms with van der Waals surface area (Å²) in [4.78, 5) is 8.59. The first-order valence-electron chi connectivity index (χ1n) is 4.95. The largest absolute Gasteiger partial charge is 0.719 e. The van der Waals surface area contributed by atoms with Crippen LogP contribution in [0.4, 0.5) is 5.82 Å². The van der Waals surface area contributed by atoms with Gasteiger partial charge in [0.2, 0.25) is 0 Å². The van der Waals surface area contributed by atoms with E-state index in [2.05, 4.69) is 15.2 Å². The molecule has 2 aromatic rings. The number of nitrogens with zero attached hydrogens (tertiary/aromatic N) is 3. The van der Waals surface area contributed by atoms with E-state index < -0.39 is 8.25 Å². The number of anilines is 1. The van der Waals surface area contributed by atoms with Gasteiger partial charge in [-0.25, -0.2) is 4.68 Å². The standard InChI is InChI=1S/C10H6ClN4O3P/c11-7-1-3-9(4-2-7)15-10(14-18-19(16)17)5-8(6-12)13-15/h1-5,14H/p+1. The van der Waals surface area contributed by atoms with E-state index in [4.69, 9.17) is 21.8 Å². The van der Waals surface area contributed by atoms with Gasteiger partial charge in [-0.1, -0.05) is 11.6 Å². The lowest BCUT2D eigenvalue weighted by Gasteiger charge is -2.05. The van der Waals surface area contributed by atoms with Crippen molar-refractivity contribution in [3.05, 3.63) is 41.0 Å². The SMILES string of the molecule is N#Cc1cc(NO[P+](=O)O)n(-c2ccc(Cl)cc2)n1. The smallest absolute Gasteiger partial charge is 0.214 e. The van der Waals surface area contributed by atoms with Gasteiger partial charge in [0.05, 0.1) is 5.69 Å². The Kier molecular flexibility index (Phi) is 4.10. The number of aromatic nitrogens is 2. The normalized spacial score (nSPS) is 10.9. The first-order valence-corrected chi connectivity index (χ1v) is 6.46. The van der Waals surface area contributed by atoms with E-state index >= 15 is 0 Å². The summed E-state index contributed by atoms with van der Waals surface area (Å²) >= 11 is 5.78. The molecule has 1 aromatic heterocycles. The van der Waals surface area contributed by atoms with Crippen LogP contribution in [0.3, 0.4) is 0 Å². The molecule has 0 saturated carbocycles. The Bertz CT molecular complexity index is 650. The number of nitrogens with one attached hydrogen (secondary N) is 1. The maximum Gasteiger partial charge on any atom is 0.719 e. The van der Waals surface area contributed by atoms with Crippen molar-refractivity contribution in [3.8, 4) is 11.8 Å². The molecule has 96 valence electrons. The molecule has 1 heterocycles. The summed E-state index contributed by atoms with van der Waals surface area (Å²) in [5.41, 5.74) is 3.01. The molecule has 9 heteroatoms. The Morgan fingerprint density at radius 2 is 2.16 bits per heavy atom. The monoisotopic (exact) mass is 297 g/mol. The Hall–Kier alpha value is -1.97. The van der Waals surface area contributed by atoms with Crippen LogP contribution in [-0.4, -0.2) is 14.7 Å². The topological polar surface area (TPSA) is 100 Å². The highest BCUT2D eigenvalue weighted by Crippen LogP contribution is 2.22. The van der Waals surface area contributed by atoms with Crippen LogP contribution in [0.5, 0.6) is 0 Å². The molecule has 2 rings (SSSR count). The van der Waals surface area contributed by atoms with Gasteiger partial charge in [0.25, 0.3) is 0 Å². The second-order valence-corrected chi connectivity index (χ2v) is 4.44. The average Bonchev–Trinajstić information content (AvgIpc) is 2.80. The molecule has 0 radical (unpaired) electrons. The van der Waals surface area contributed by atoms with E-state index in [-0.39, 0.29) is 11.5 Å². The summed E-state index contributed by atoms with van der Waals surface area (Å²) in [5.74, 6) is 0.247. The number of rotatable bonds is 4. The molecule has 19 heavy (non-hydrogen) atoms. The molecule has 1 atom stereocenters. The molecule has 0 aliphatic carbocycles. The van der Waals surface area contributed by atoms with E-state index in [1.165, 1.54) is 10.7 Å². The van der Waals surface area contributed by atoms with E-state index in [1.54, 1.807) is 24.3 Å². The summed E-state index contributed by atoms with van der Waals surface area (Å²) in [6.07, 6.45) is 0. The van der Waals surface area contributed by atoms with Gasteiger partial charge in [0.1, 0.15) is 6.07 Å². The number of hydrogen-bond donors (Lipinski definition) is 2. The van der Waals surface area contributed by atoms with Crippen molar-refractivity contribution < 1.29 is 14.1 Å². The minimum Gasteiger partial charge on any atom is -0.214 e. The molecule has 0 aliphatic heterocycles. The summed E-state index contributed by atoms with van der Waals surface area (Å²) in [7, 11) is -2.81. The summed E-state index contributed by atoms with van der Waals surface area (Å²) in [6.45, 7) is 0. The lowest BCUT2D eigenvalue weighted by Crippen LogP contribution is -2.04. The zero-order valence-corrected chi connectivity index (χ0v) is 11.0. The van der Waals surface area contributed by atoms with Crippen LogP contribution in [0, 0.1) is 11.3 Å². The van der Waals surface area contributed by atoms with Crippen LogP contribution in [-0.2, 0) is 9.19 Å². The van der Waals surface area contributed by atoms with Crippen LogP contribution >= 0.6 is 19.9 Å². The fourth-order valence-electron chi connectivity index (χ4n) is 1.37. The molecule has 1 aromatic carbocycles. The van der Waals surface area contributed by atoms with Crippen molar-refractivity contribution in [1.29, 1.82) is 5.26 Å². The number of hydrogen-bond acceptors (Lipinski definition) is 5. The minimum atomic E-state index is -2.81. The van der Waals surface area contributed by atoms with Crippen LogP contribution < -0.4 is 5.48 Å². The Labute approximate surface area is 113 Å². The van der Waals surface area contributed by atoms with Crippen molar-refractivity contribution in [3.63, 3.8) is 0 Å². The van der Waals surface area contributed by atoms with Gasteiger partial charge in [-0.3, -0.25) is 0 Å². The Morgan fingerprint density at radius 3 is 2.74 bits per heavy atom. The van der Waals surface area contributed by atoms with E-state index in [0.717, 1.165) is 0 Å². The Morgan fingerprint density at radius 1 is 1.47 bits per heavy atom. The summed E-state index contributed by atoms with van der Waals surface area (Å²) < 4.78 is 16.2. The maximum atomic E-state index is 10.5. The quantitative estimate of drug-likeness (QED) is 0.664.